The van der Waals surface area contributed by atoms with E-state index in [1.807, 2.05) is 22.7 Å². The smallest absolute Gasteiger partial charge is 0.229 e. The highest BCUT2D eigenvalue weighted by molar-refractivity contribution is 5.81. The Morgan fingerprint density at radius 3 is 2.80 bits per heavy atom. The second-order valence-electron chi connectivity index (χ2n) is 10.2. The van der Waals surface area contributed by atoms with Crippen LogP contribution in [0.5, 0.6) is 0 Å². The highest BCUT2D eigenvalue weighted by Crippen LogP contribution is 2.35. The van der Waals surface area contributed by atoms with E-state index in [9.17, 15) is 4.79 Å². The van der Waals surface area contributed by atoms with Gasteiger partial charge in [0.1, 0.15) is 5.82 Å². The summed E-state index contributed by atoms with van der Waals surface area (Å²) in [5, 5.41) is 4.90. The van der Waals surface area contributed by atoms with Crippen molar-refractivity contribution in [3.63, 3.8) is 0 Å². The fourth-order valence-electron chi connectivity index (χ4n) is 5.90. The Morgan fingerprint density at radius 1 is 1.14 bits per heavy atom. The number of hydrazine groups is 1. The van der Waals surface area contributed by atoms with Gasteiger partial charge in [-0.1, -0.05) is 30.3 Å². The van der Waals surface area contributed by atoms with Crippen molar-refractivity contribution in [2.75, 3.05) is 31.1 Å². The molecule has 3 aliphatic heterocycles. The first-order valence-electron chi connectivity index (χ1n) is 12.8. The lowest BCUT2D eigenvalue weighted by Gasteiger charge is -2.37. The van der Waals surface area contributed by atoms with Gasteiger partial charge in [0.05, 0.1) is 23.7 Å². The van der Waals surface area contributed by atoms with Gasteiger partial charge in [0.15, 0.2) is 5.65 Å². The number of nitrogens with two attached hydrogens (primary N) is 1. The fraction of sp³-hybridized carbons (Fsp3) is 0.500. The summed E-state index contributed by atoms with van der Waals surface area (Å²) in [6.07, 6.45) is 6.08. The minimum atomic E-state index is -0.152. The molecule has 4 atom stereocenters. The molecule has 4 unspecified atom stereocenters. The fourth-order valence-corrected chi connectivity index (χ4v) is 5.90. The third-order valence-corrected chi connectivity index (χ3v) is 7.73. The number of amides is 1. The van der Waals surface area contributed by atoms with E-state index < -0.39 is 0 Å². The van der Waals surface area contributed by atoms with Crippen LogP contribution in [0.15, 0.2) is 42.6 Å². The van der Waals surface area contributed by atoms with Crippen LogP contribution in [-0.4, -0.2) is 57.6 Å². The molecule has 1 amide bonds. The zero-order valence-electron chi connectivity index (χ0n) is 20.2. The highest BCUT2D eigenvalue weighted by atomic mass is 16.2. The maximum Gasteiger partial charge on any atom is 0.229 e. The van der Waals surface area contributed by atoms with E-state index in [0.29, 0.717) is 6.54 Å². The molecule has 3 aliphatic rings. The average molecular weight is 475 g/mol. The van der Waals surface area contributed by atoms with Gasteiger partial charge < -0.3 is 15.5 Å². The second-order valence-corrected chi connectivity index (χ2v) is 10.2. The van der Waals surface area contributed by atoms with Crippen LogP contribution in [0, 0.1) is 12.8 Å². The predicted molar refractivity (Wildman–Crippen MR) is 135 cm³/mol. The van der Waals surface area contributed by atoms with Crippen LogP contribution < -0.4 is 21.5 Å². The molecule has 35 heavy (non-hydrogen) atoms. The number of carbonyl (C=O) groups is 1. The lowest BCUT2D eigenvalue weighted by Crippen LogP contribution is -2.44. The summed E-state index contributed by atoms with van der Waals surface area (Å²) in [5.74, 6) is 1.03. The number of rotatable bonds is 4. The summed E-state index contributed by atoms with van der Waals surface area (Å²) in [6, 6.07) is 12.4. The van der Waals surface area contributed by atoms with Crippen LogP contribution in [0.3, 0.4) is 0 Å². The maximum absolute atomic E-state index is 13.9. The van der Waals surface area contributed by atoms with E-state index in [2.05, 4.69) is 52.0 Å². The first-order chi connectivity index (χ1) is 17.1. The number of nitrogens with zero attached hydrogens (tertiary/aromatic N) is 5. The Balaban J connectivity index is 1.28. The average Bonchev–Trinajstić information content (AvgIpc) is 3.63. The Bertz CT molecular complexity index is 1210. The lowest BCUT2D eigenvalue weighted by molar-refractivity contribution is -0.139. The van der Waals surface area contributed by atoms with Gasteiger partial charge in [-0.3, -0.25) is 10.2 Å². The summed E-state index contributed by atoms with van der Waals surface area (Å²) in [5.41, 5.74) is 16.6. The zero-order chi connectivity index (χ0) is 23.9. The van der Waals surface area contributed by atoms with Gasteiger partial charge in [-0.25, -0.2) is 14.9 Å². The summed E-state index contributed by atoms with van der Waals surface area (Å²) in [6.45, 7) is 5.23. The van der Waals surface area contributed by atoms with Crippen molar-refractivity contribution in [1.82, 2.24) is 30.3 Å². The number of aromatic nitrogens is 3. The van der Waals surface area contributed by atoms with Crippen molar-refractivity contribution in [3.05, 3.63) is 59.4 Å². The van der Waals surface area contributed by atoms with Gasteiger partial charge in [-0.2, -0.15) is 5.10 Å². The first kappa shape index (κ1) is 22.5. The largest absolute Gasteiger partial charge is 0.355 e. The third-order valence-electron chi connectivity index (χ3n) is 7.73. The Morgan fingerprint density at radius 2 is 2.00 bits per heavy atom. The van der Waals surface area contributed by atoms with E-state index >= 15 is 0 Å². The van der Waals surface area contributed by atoms with Crippen molar-refractivity contribution >= 4 is 17.4 Å². The number of fused-ring (bicyclic) bond motifs is 1. The third kappa shape index (κ3) is 4.17. The van der Waals surface area contributed by atoms with E-state index in [4.69, 9.17) is 15.8 Å². The van der Waals surface area contributed by atoms with Crippen molar-refractivity contribution < 1.29 is 4.79 Å². The van der Waals surface area contributed by atoms with Crippen LogP contribution in [0.1, 0.15) is 54.6 Å². The van der Waals surface area contributed by atoms with Crippen molar-refractivity contribution in [3.8, 4) is 0 Å². The number of aryl methyl sites for hydroxylation is 1. The number of piperidine rings is 1. The molecule has 3 aromatic rings. The monoisotopic (exact) mass is 474 g/mol. The van der Waals surface area contributed by atoms with Gasteiger partial charge in [0, 0.05) is 50.0 Å². The van der Waals surface area contributed by atoms with Gasteiger partial charge in [0.2, 0.25) is 5.91 Å². The minimum Gasteiger partial charge on any atom is -0.355 e. The van der Waals surface area contributed by atoms with Crippen molar-refractivity contribution in [1.29, 1.82) is 0 Å². The Labute approximate surface area is 205 Å². The number of anilines is 1. The molecule has 5 heterocycles. The molecule has 0 bridgehead atoms. The van der Waals surface area contributed by atoms with E-state index in [0.717, 1.165) is 73.6 Å². The van der Waals surface area contributed by atoms with Crippen LogP contribution in [0.4, 0.5) is 5.82 Å². The highest BCUT2D eigenvalue weighted by Gasteiger charge is 2.40. The molecule has 3 saturated heterocycles. The van der Waals surface area contributed by atoms with E-state index in [1.165, 1.54) is 0 Å². The lowest BCUT2D eigenvalue weighted by atomic mass is 9.91. The zero-order valence-corrected chi connectivity index (χ0v) is 20.2. The van der Waals surface area contributed by atoms with Gasteiger partial charge in [-0.15, -0.1) is 0 Å². The minimum absolute atomic E-state index is 0.0288. The summed E-state index contributed by atoms with van der Waals surface area (Å²) < 4.78 is 1.87. The summed E-state index contributed by atoms with van der Waals surface area (Å²) in [4.78, 5) is 23.2. The van der Waals surface area contributed by atoms with Crippen molar-refractivity contribution in [2.45, 2.75) is 50.7 Å². The molecule has 0 saturated carbocycles. The molecule has 9 heteroatoms. The van der Waals surface area contributed by atoms with Gasteiger partial charge in [0.25, 0.3) is 0 Å². The molecule has 184 valence electrons. The number of hydrogen-bond donors (Lipinski definition) is 3. The normalized spacial score (nSPS) is 27.1. The van der Waals surface area contributed by atoms with Crippen LogP contribution in [0.25, 0.3) is 5.65 Å². The van der Waals surface area contributed by atoms with Crippen LogP contribution >= 0.6 is 0 Å². The first-order valence-corrected chi connectivity index (χ1v) is 12.8. The number of hydrogen-bond acceptors (Lipinski definition) is 7. The number of nitrogens with one attached hydrogen (secondary N) is 2. The quantitative estimate of drug-likeness (QED) is 0.532. The number of benzene rings is 1. The topological polar surface area (TPSA) is 104 Å². The molecule has 6 rings (SSSR count). The molecule has 1 aromatic carbocycles. The molecular formula is C26H34N8O. The molecule has 9 nitrogen and oxygen atoms in total. The molecule has 2 aromatic heterocycles. The Hall–Kier alpha value is -3.01. The SMILES string of the molecule is Cc1cn2nc(C3CCCCN3C(=O)C3CNNC3c3ccccc3)cc2nc1N1CCC(N)C1. The molecule has 3 fully saturated rings. The van der Waals surface area contributed by atoms with Crippen LogP contribution in [-0.2, 0) is 4.79 Å². The molecule has 0 radical (unpaired) electrons. The van der Waals surface area contributed by atoms with Gasteiger partial charge in [-0.05, 0) is 38.2 Å². The van der Waals surface area contributed by atoms with E-state index in [-0.39, 0.29) is 30.0 Å². The standard InChI is InChI=1S/C26H34N8O/c1-17-15-34-23(29-25(17)32-12-10-19(27)16-32)13-21(31-34)22-9-5-6-11-33(22)26(35)20-14-28-30-24(20)18-7-3-2-4-8-18/h2-4,7-8,13,15,19-20,22,24,28,30H,5-6,9-12,14,16,27H2,1H3. The molecular weight excluding hydrogens is 440 g/mol. The summed E-state index contributed by atoms with van der Waals surface area (Å²) >= 11 is 0. The van der Waals surface area contributed by atoms with Crippen LogP contribution in [0.2, 0.25) is 0 Å². The molecule has 4 N–H and O–H groups in total. The van der Waals surface area contributed by atoms with Crippen molar-refractivity contribution in [2.24, 2.45) is 11.7 Å². The maximum atomic E-state index is 13.9. The summed E-state index contributed by atoms with van der Waals surface area (Å²) in [7, 11) is 0. The number of likely N-dealkylation sites (tertiary alicyclic amines) is 1. The second kappa shape index (κ2) is 9.22. The molecule has 0 spiro atoms. The Kier molecular flexibility index (Phi) is 5.91. The predicted octanol–water partition coefficient (Wildman–Crippen LogP) is 2.09. The number of carbonyl (C=O) groups excluding carboxylic acids is 1. The van der Waals surface area contributed by atoms with Gasteiger partial charge >= 0.3 is 0 Å². The molecule has 0 aliphatic carbocycles. The van der Waals surface area contributed by atoms with E-state index in [1.54, 1.807) is 0 Å².